The number of piperidine rings is 2. The summed E-state index contributed by atoms with van der Waals surface area (Å²) in [6.07, 6.45) is 9.47. The summed E-state index contributed by atoms with van der Waals surface area (Å²) < 4.78 is 43.9. The summed E-state index contributed by atoms with van der Waals surface area (Å²) in [5, 5.41) is 17.3. The summed E-state index contributed by atoms with van der Waals surface area (Å²) in [5.74, 6) is -1.20. The molecule has 1 unspecified atom stereocenters. The van der Waals surface area contributed by atoms with E-state index in [2.05, 4.69) is 45.2 Å². The molecule has 0 radical (unpaired) electrons. The standard InChI is InChI=1S/C42H47FN12O7S/c1-3-52(2)63(61,62)51-32-6-4-5-29(37(32)43)38(58)31-25-46-39-30(31)19-26(21-45-39)27-22-47-41(48-23-27)55-17-15-54(16-18-55)36(57)20-42(60)11-13-53(14-12-42)34-9-7-28(24-44-34)49-33-8-10-35(56)50-40(33)59/h4-7,9,19,21-25,33,49,51,60H,3,8,10-18,20H2,1-2H3,(H,45,46)(H,50,56,59). The molecule has 7 heterocycles. The first-order chi connectivity index (χ1) is 30.2. The van der Waals surface area contributed by atoms with Crippen molar-refractivity contribution < 1.29 is 37.1 Å². The van der Waals surface area contributed by atoms with Gasteiger partial charge in [0, 0.05) is 106 Å². The van der Waals surface area contributed by atoms with Gasteiger partial charge in [0.05, 0.1) is 35.2 Å². The number of amides is 3. The van der Waals surface area contributed by atoms with E-state index in [1.807, 2.05) is 17.0 Å². The average molecular weight is 883 g/mol. The van der Waals surface area contributed by atoms with Gasteiger partial charge in [0.15, 0.2) is 11.6 Å². The van der Waals surface area contributed by atoms with Crippen molar-refractivity contribution in [3.8, 4) is 11.1 Å². The van der Waals surface area contributed by atoms with Crippen molar-refractivity contribution in [1.29, 1.82) is 0 Å². The predicted molar refractivity (Wildman–Crippen MR) is 232 cm³/mol. The molecule has 8 rings (SSSR count). The number of fused-ring (bicyclic) bond motifs is 1. The molecule has 330 valence electrons. The van der Waals surface area contributed by atoms with Crippen LogP contribution in [0.15, 0.2) is 67.4 Å². The Balaban J connectivity index is 0.836. The summed E-state index contributed by atoms with van der Waals surface area (Å²) in [6.45, 7) is 4.70. The van der Waals surface area contributed by atoms with Crippen molar-refractivity contribution in [2.24, 2.45) is 0 Å². The maximum atomic E-state index is 15.6. The highest BCUT2D eigenvalue weighted by atomic mass is 32.2. The molecule has 5 aromatic rings. The molecule has 3 aliphatic rings. The zero-order chi connectivity index (χ0) is 44.5. The minimum Gasteiger partial charge on any atom is -0.389 e. The molecular weight excluding hydrogens is 836 g/mol. The fraction of sp³-hybridized carbons (Fsp3) is 0.381. The number of aromatic nitrogens is 5. The molecule has 0 bridgehead atoms. The van der Waals surface area contributed by atoms with Gasteiger partial charge in [0.2, 0.25) is 23.7 Å². The number of halogens is 1. The van der Waals surface area contributed by atoms with Crippen molar-refractivity contribution in [3.63, 3.8) is 0 Å². The number of imide groups is 1. The average Bonchev–Trinajstić information content (AvgIpc) is 3.71. The minimum absolute atomic E-state index is 0.0147. The number of carbonyl (C=O) groups excluding carboxylic acids is 4. The van der Waals surface area contributed by atoms with Crippen LogP contribution in [0.1, 0.15) is 54.9 Å². The Morgan fingerprint density at radius 2 is 1.67 bits per heavy atom. The zero-order valence-electron chi connectivity index (χ0n) is 34.7. The number of nitrogens with zero attached hydrogens (tertiary/aromatic N) is 8. The third kappa shape index (κ3) is 9.30. The van der Waals surface area contributed by atoms with Crippen LogP contribution in [0.4, 0.5) is 27.5 Å². The van der Waals surface area contributed by atoms with E-state index in [9.17, 15) is 32.7 Å². The lowest BCUT2D eigenvalue weighted by Crippen LogP contribution is -2.52. The number of piperazine rings is 1. The van der Waals surface area contributed by atoms with Crippen molar-refractivity contribution in [2.45, 2.75) is 50.7 Å². The highest BCUT2D eigenvalue weighted by Crippen LogP contribution is 2.31. The molecule has 3 fully saturated rings. The number of anilines is 4. The Morgan fingerprint density at radius 1 is 0.937 bits per heavy atom. The second-order valence-corrected chi connectivity index (χ2v) is 17.7. The second-order valence-electron chi connectivity index (χ2n) is 15.9. The van der Waals surface area contributed by atoms with E-state index in [4.69, 9.17) is 0 Å². The van der Waals surface area contributed by atoms with Gasteiger partial charge in [0.1, 0.15) is 17.5 Å². The summed E-state index contributed by atoms with van der Waals surface area (Å²) in [6, 6.07) is 8.85. The third-order valence-electron chi connectivity index (χ3n) is 11.8. The molecule has 1 atom stereocenters. The van der Waals surface area contributed by atoms with E-state index < -0.39 is 33.5 Å². The highest BCUT2D eigenvalue weighted by molar-refractivity contribution is 7.90. The molecule has 21 heteroatoms. The monoisotopic (exact) mass is 882 g/mol. The van der Waals surface area contributed by atoms with Crippen LogP contribution in [0, 0.1) is 5.82 Å². The number of rotatable bonds is 13. The minimum atomic E-state index is -4.03. The quantitative estimate of drug-likeness (QED) is 0.0845. The van der Waals surface area contributed by atoms with Crippen molar-refractivity contribution in [2.75, 3.05) is 72.7 Å². The molecule has 3 saturated heterocycles. The van der Waals surface area contributed by atoms with Gasteiger partial charge in [-0.25, -0.2) is 24.3 Å². The van der Waals surface area contributed by atoms with Crippen LogP contribution in [0.5, 0.6) is 0 Å². The summed E-state index contributed by atoms with van der Waals surface area (Å²) in [7, 11) is -2.67. The first-order valence-corrected chi connectivity index (χ1v) is 22.1. The number of ketones is 1. The van der Waals surface area contributed by atoms with Crippen molar-refractivity contribution >= 4 is 67.9 Å². The molecule has 1 aromatic carbocycles. The van der Waals surface area contributed by atoms with Crippen LogP contribution in [0.3, 0.4) is 0 Å². The topological polar surface area (TPSA) is 239 Å². The number of nitrogens with one attached hydrogen (secondary N) is 4. The van der Waals surface area contributed by atoms with Crippen molar-refractivity contribution in [1.82, 2.24) is 39.4 Å². The number of hydrogen-bond acceptors (Lipinski definition) is 14. The van der Waals surface area contributed by atoms with Gasteiger partial charge in [-0.1, -0.05) is 13.0 Å². The van der Waals surface area contributed by atoms with Gasteiger partial charge in [-0.2, -0.15) is 12.7 Å². The largest absolute Gasteiger partial charge is 0.389 e. The molecular formula is C42H47FN12O7S. The number of aliphatic hydroxyl groups is 1. The fourth-order valence-corrected chi connectivity index (χ4v) is 8.80. The lowest BCUT2D eigenvalue weighted by Gasteiger charge is -2.40. The molecule has 4 aromatic heterocycles. The number of aromatic amines is 1. The number of benzene rings is 1. The summed E-state index contributed by atoms with van der Waals surface area (Å²) >= 11 is 0. The highest BCUT2D eigenvalue weighted by Gasteiger charge is 2.37. The van der Waals surface area contributed by atoms with Gasteiger partial charge < -0.3 is 30.1 Å². The number of hydrogen-bond donors (Lipinski definition) is 5. The number of carbonyl (C=O) groups is 4. The maximum absolute atomic E-state index is 15.6. The molecule has 3 aliphatic heterocycles. The van der Waals surface area contributed by atoms with Gasteiger partial charge in [-0.3, -0.25) is 29.2 Å². The normalized spacial score (nSPS) is 18.1. The molecule has 0 spiro atoms. The van der Waals surface area contributed by atoms with E-state index in [0.29, 0.717) is 92.3 Å². The van der Waals surface area contributed by atoms with Gasteiger partial charge >= 0.3 is 10.2 Å². The molecule has 19 nitrogen and oxygen atoms in total. The summed E-state index contributed by atoms with van der Waals surface area (Å²) in [5.41, 5.74) is 0.644. The Kier molecular flexibility index (Phi) is 12.1. The van der Waals surface area contributed by atoms with Gasteiger partial charge in [0.25, 0.3) is 0 Å². The second kappa shape index (κ2) is 17.7. The SMILES string of the molecule is CCN(C)S(=O)(=O)Nc1cccc(C(=O)c2c[nH]c3ncc(-c4cnc(N5CCN(C(=O)CC6(O)CCN(c7ccc(NC8CCC(=O)NC8=O)cn7)CC6)CC5)nc4)cc23)c1F. The van der Waals surface area contributed by atoms with E-state index in [-0.39, 0.29) is 53.9 Å². The van der Waals surface area contributed by atoms with E-state index in [0.717, 1.165) is 10.1 Å². The fourth-order valence-electron chi connectivity index (χ4n) is 7.87. The zero-order valence-corrected chi connectivity index (χ0v) is 35.5. The molecule has 0 aliphatic carbocycles. The number of pyridine rings is 2. The van der Waals surface area contributed by atoms with E-state index in [1.54, 1.807) is 42.7 Å². The van der Waals surface area contributed by atoms with Crippen LogP contribution in [0.25, 0.3) is 22.2 Å². The molecule has 3 amide bonds. The van der Waals surface area contributed by atoms with Crippen LogP contribution >= 0.6 is 0 Å². The summed E-state index contributed by atoms with van der Waals surface area (Å²) in [4.78, 5) is 77.5. The maximum Gasteiger partial charge on any atom is 0.301 e. The Labute approximate surface area is 362 Å². The lowest BCUT2D eigenvalue weighted by atomic mass is 9.87. The molecule has 0 saturated carbocycles. The van der Waals surface area contributed by atoms with Crippen molar-refractivity contribution in [3.05, 3.63) is 84.3 Å². The smallest absolute Gasteiger partial charge is 0.301 e. The van der Waals surface area contributed by atoms with Crippen LogP contribution in [-0.2, 0) is 24.6 Å². The first kappa shape index (κ1) is 43.1. The predicted octanol–water partition coefficient (Wildman–Crippen LogP) is 2.68. The van der Waals surface area contributed by atoms with E-state index in [1.165, 1.54) is 31.4 Å². The van der Waals surface area contributed by atoms with Crippen LogP contribution < -0.4 is 25.2 Å². The molecule has 63 heavy (non-hydrogen) atoms. The Morgan fingerprint density at radius 3 is 2.35 bits per heavy atom. The first-order valence-electron chi connectivity index (χ1n) is 20.6. The van der Waals surface area contributed by atoms with Crippen LogP contribution in [0.2, 0.25) is 0 Å². The number of H-pyrrole nitrogens is 1. The van der Waals surface area contributed by atoms with Gasteiger partial charge in [-0.15, -0.1) is 0 Å². The van der Waals surface area contributed by atoms with E-state index >= 15 is 4.39 Å². The Bertz CT molecular complexity index is 2650. The lowest BCUT2D eigenvalue weighted by molar-refractivity contribution is -0.138. The Hall–Kier alpha value is -6.58. The van der Waals surface area contributed by atoms with Crippen LogP contribution in [-0.4, -0.2) is 136 Å². The molecule has 5 N–H and O–H groups in total. The third-order valence-corrected chi connectivity index (χ3v) is 13.4. The van der Waals surface area contributed by atoms with Gasteiger partial charge in [-0.05, 0) is 49.6 Å².